The normalized spacial score (nSPS) is 16.9. The van der Waals surface area contributed by atoms with Gasteiger partial charge in [0.2, 0.25) is 12.1 Å². The van der Waals surface area contributed by atoms with Crippen molar-refractivity contribution in [3.8, 4) is 0 Å². The first-order valence-electron chi connectivity index (χ1n) is 9.18. The molecular weight excluding hydrogens is 417 g/mol. The van der Waals surface area contributed by atoms with Crippen molar-refractivity contribution in [3.05, 3.63) is 72.3 Å². The lowest BCUT2D eigenvalue weighted by molar-refractivity contribution is -0.927. The minimum absolute atomic E-state index is 0.279. The highest BCUT2D eigenvalue weighted by Crippen LogP contribution is 2.28. The summed E-state index contributed by atoms with van der Waals surface area (Å²) in [6.45, 7) is 3.17. The van der Waals surface area contributed by atoms with E-state index in [1.54, 1.807) is 6.08 Å². The second-order valence-electron chi connectivity index (χ2n) is 6.71. The van der Waals surface area contributed by atoms with Gasteiger partial charge in [0.1, 0.15) is 0 Å². The minimum atomic E-state index is -1.60. The van der Waals surface area contributed by atoms with E-state index in [0.29, 0.717) is 0 Å². The van der Waals surface area contributed by atoms with Crippen LogP contribution in [-0.2, 0) is 4.79 Å². The quantitative estimate of drug-likeness (QED) is 0.555. The van der Waals surface area contributed by atoms with E-state index in [0.717, 1.165) is 36.6 Å². The second-order valence-corrected chi connectivity index (χ2v) is 9.08. The molecule has 2 aromatic carbocycles. The first kappa shape index (κ1) is 21.0. The maximum absolute atomic E-state index is 12.4. The van der Waals surface area contributed by atoms with Crippen LogP contribution in [0.5, 0.6) is 0 Å². The number of piperazine rings is 1. The molecule has 1 atom stereocenters. The Morgan fingerprint density at radius 3 is 2.14 bits per heavy atom. The van der Waals surface area contributed by atoms with Crippen LogP contribution >= 0.6 is 34.8 Å². The molecule has 0 aromatic heterocycles. The zero-order chi connectivity index (χ0) is 20.0. The van der Waals surface area contributed by atoms with Crippen LogP contribution in [0.3, 0.4) is 0 Å². The molecule has 2 aromatic rings. The van der Waals surface area contributed by atoms with E-state index in [1.165, 1.54) is 11.8 Å². The van der Waals surface area contributed by atoms with Gasteiger partial charge in [-0.15, -0.1) is 0 Å². The number of hydrogen-bond donors (Lipinski definition) is 2. The number of carbonyl (C=O) groups excluding carboxylic acids is 1. The number of benzene rings is 2. The molecule has 4 nitrogen and oxygen atoms in total. The van der Waals surface area contributed by atoms with Crippen molar-refractivity contribution >= 4 is 52.5 Å². The molecule has 0 saturated carbocycles. The predicted octanol–water partition coefficient (Wildman–Crippen LogP) is 2.92. The smallest absolute Gasteiger partial charge is 0.262 e. The summed E-state index contributed by atoms with van der Waals surface area (Å²) in [4.78, 5) is 15.8. The highest BCUT2D eigenvalue weighted by molar-refractivity contribution is 6.68. The number of carbonyl (C=O) groups is 1. The number of nitrogens with zero attached hydrogens (tertiary/aromatic N) is 1. The van der Waals surface area contributed by atoms with Crippen molar-refractivity contribution in [1.29, 1.82) is 0 Å². The largest absolute Gasteiger partial charge is 0.360 e. The number of nitrogens with one attached hydrogen (secondary N) is 2. The summed E-state index contributed by atoms with van der Waals surface area (Å²) < 4.78 is -1.60. The third kappa shape index (κ3) is 5.89. The summed E-state index contributed by atoms with van der Waals surface area (Å²) in [6, 6.07) is 19.8. The molecule has 28 heavy (non-hydrogen) atoms. The summed E-state index contributed by atoms with van der Waals surface area (Å²) in [5.41, 5.74) is 2.12. The van der Waals surface area contributed by atoms with Crippen LogP contribution < -0.4 is 15.1 Å². The summed E-state index contributed by atoms with van der Waals surface area (Å²) >= 11 is 18.6. The van der Waals surface area contributed by atoms with Crippen molar-refractivity contribution in [2.24, 2.45) is 0 Å². The van der Waals surface area contributed by atoms with Crippen LogP contribution in [0.4, 0.5) is 5.69 Å². The lowest BCUT2D eigenvalue weighted by Crippen LogP contribution is -3.21. The third-order valence-electron chi connectivity index (χ3n) is 4.78. The van der Waals surface area contributed by atoms with Crippen LogP contribution in [0, 0.1) is 0 Å². The Morgan fingerprint density at radius 2 is 1.57 bits per heavy atom. The molecule has 1 amide bonds. The molecule has 2 N–H and O–H groups in total. The Labute approximate surface area is 180 Å². The van der Waals surface area contributed by atoms with Gasteiger partial charge in [-0.25, -0.2) is 0 Å². The Hall–Kier alpha value is -1.72. The van der Waals surface area contributed by atoms with E-state index < -0.39 is 9.96 Å². The molecule has 7 heteroatoms. The monoisotopic (exact) mass is 438 g/mol. The third-order valence-corrected chi connectivity index (χ3v) is 5.43. The molecular formula is C21H23Cl3N3O+. The van der Waals surface area contributed by atoms with Crippen LogP contribution in [-0.4, -0.2) is 42.0 Å². The number of amides is 1. The second kappa shape index (κ2) is 9.66. The zero-order valence-electron chi connectivity index (χ0n) is 15.3. The number of para-hydroxylation sites is 1. The van der Waals surface area contributed by atoms with Crippen molar-refractivity contribution in [2.45, 2.75) is 9.96 Å². The number of alkyl halides is 3. The topological polar surface area (TPSA) is 36.8 Å². The lowest BCUT2D eigenvalue weighted by atomic mass is 10.2. The first-order chi connectivity index (χ1) is 13.4. The molecule has 0 spiro atoms. The Bertz CT molecular complexity index is 786. The Morgan fingerprint density at radius 1 is 1.00 bits per heavy atom. The fraction of sp³-hybridized carbons (Fsp3) is 0.286. The summed E-state index contributed by atoms with van der Waals surface area (Å²) in [7, 11) is 0. The Balaban J connectivity index is 1.61. The van der Waals surface area contributed by atoms with Gasteiger partial charge < -0.3 is 9.80 Å². The molecule has 1 aliphatic heterocycles. The molecule has 0 aliphatic carbocycles. The molecule has 148 valence electrons. The van der Waals surface area contributed by atoms with Gasteiger partial charge in [-0.2, -0.15) is 0 Å². The SMILES string of the molecule is O=C(/C=C/c1ccccc1)N[C@@H]([NH+]1CCN(c2ccccc2)CC1)C(Cl)(Cl)Cl. The number of anilines is 1. The molecule has 1 saturated heterocycles. The average molecular weight is 440 g/mol. The van der Waals surface area contributed by atoms with E-state index in [4.69, 9.17) is 34.8 Å². The molecule has 0 bridgehead atoms. The standard InChI is InChI=1S/C21H22Cl3N3O/c22-21(23,24)20(25-19(28)12-11-17-7-3-1-4-8-17)27-15-13-26(14-16-27)18-9-5-2-6-10-18/h1-12,20H,13-16H2,(H,25,28)/p+1/b12-11+/t20-/m0/s1. The van der Waals surface area contributed by atoms with Gasteiger partial charge in [0.05, 0.1) is 26.2 Å². The maximum Gasteiger partial charge on any atom is 0.262 e. The van der Waals surface area contributed by atoms with Gasteiger partial charge in [-0.1, -0.05) is 83.3 Å². The first-order valence-corrected chi connectivity index (χ1v) is 10.3. The van der Waals surface area contributed by atoms with E-state index in [1.807, 2.05) is 48.5 Å². The summed E-state index contributed by atoms with van der Waals surface area (Å²) in [5.74, 6) is -0.279. The van der Waals surface area contributed by atoms with Crippen molar-refractivity contribution in [1.82, 2.24) is 5.32 Å². The van der Waals surface area contributed by atoms with E-state index in [2.05, 4.69) is 22.3 Å². The molecule has 1 fully saturated rings. The molecule has 0 radical (unpaired) electrons. The van der Waals surface area contributed by atoms with E-state index in [-0.39, 0.29) is 5.91 Å². The van der Waals surface area contributed by atoms with Crippen LogP contribution in [0.15, 0.2) is 66.7 Å². The van der Waals surface area contributed by atoms with Gasteiger partial charge in [0.15, 0.2) is 0 Å². The fourth-order valence-corrected chi connectivity index (χ4v) is 3.95. The molecule has 1 heterocycles. The highest BCUT2D eigenvalue weighted by Gasteiger charge is 2.43. The summed E-state index contributed by atoms with van der Waals surface area (Å²) in [5, 5.41) is 2.87. The zero-order valence-corrected chi connectivity index (χ0v) is 17.6. The van der Waals surface area contributed by atoms with Crippen LogP contribution in [0.2, 0.25) is 0 Å². The fourth-order valence-electron chi connectivity index (χ4n) is 3.32. The van der Waals surface area contributed by atoms with Gasteiger partial charge in [0, 0.05) is 11.8 Å². The van der Waals surface area contributed by atoms with Crippen molar-refractivity contribution in [2.75, 3.05) is 31.1 Å². The number of hydrogen-bond acceptors (Lipinski definition) is 2. The van der Waals surface area contributed by atoms with Gasteiger partial charge in [0.25, 0.3) is 3.79 Å². The lowest BCUT2D eigenvalue weighted by Gasteiger charge is -2.39. The van der Waals surface area contributed by atoms with Crippen molar-refractivity contribution in [3.63, 3.8) is 0 Å². The molecule has 0 unspecified atom stereocenters. The van der Waals surface area contributed by atoms with Crippen LogP contribution in [0.25, 0.3) is 6.08 Å². The number of quaternary nitrogens is 1. The van der Waals surface area contributed by atoms with Gasteiger partial charge in [-0.3, -0.25) is 10.1 Å². The van der Waals surface area contributed by atoms with Crippen molar-refractivity contribution < 1.29 is 9.69 Å². The summed E-state index contributed by atoms with van der Waals surface area (Å²) in [6.07, 6.45) is 2.59. The predicted molar refractivity (Wildman–Crippen MR) is 117 cm³/mol. The maximum atomic E-state index is 12.4. The molecule has 1 aliphatic rings. The Kier molecular flexibility index (Phi) is 7.24. The highest BCUT2D eigenvalue weighted by atomic mass is 35.6. The molecule has 3 rings (SSSR count). The van der Waals surface area contributed by atoms with E-state index >= 15 is 0 Å². The van der Waals surface area contributed by atoms with Gasteiger partial charge >= 0.3 is 0 Å². The number of rotatable bonds is 5. The number of halogens is 3. The van der Waals surface area contributed by atoms with Gasteiger partial charge in [-0.05, 0) is 23.8 Å². The minimum Gasteiger partial charge on any atom is -0.360 e. The average Bonchev–Trinajstić information content (AvgIpc) is 2.71. The van der Waals surface area contributed by atoms with Crippen LogP contribution in [0.1, 0.15) is 5.56 Å². The van der Waals surface area contributed by atoms with E-state index in [9.17, 15) is 4.79 Å².